The number of hydrogen-bond donors (Lipinski definition) is 2. The zero-order valence-electron chi connectivity index (χ0n) is 13.3. The third-order valence-electron chi connectivity index (χ3n) is 4.48. The third kappa shape index (κ3) is 3.70. The van der Waals surface area contributed by atoms with Gasteiger partial charge in [0.05, 0.1) is 5.56 Å². The van der Waals surface area contributed by atoms with Crippen LogP contribution in [0.25, 0.3) is 0 Å². The summed E-state index contributed by atoms with van der Waals surface area (Å²) in [7, 11) is 1.62. The predicted octanol–water partition coefficient (Wildman–Crippen LogP) is 2.80. The van der Waals surface area contributed by atoms with Crippen molar-refractivity contribution in [3.05, 3.63) is 46.0 Å². The number of carbonyl (C=O) groups excluding carboxylic acids is 1. The molecule has 0 aromatic carbocycles. The van der Waals surface area contributed by atoms with Crippen LogP contribution in [0.4, 0.5) is 5.82 Å². The summed E-state index contributed by atoms with van der Waals surface area (Å²) in [5.74, 6) is 0.774. The Kier molecular flexibility index (Phi) is 4.60. The lowest BCUT2D eigenvalue weighted by molar-refractivity contribution is 0.102. The SMILES string of the molecule is Cn1cc(C(=O)Nc2cc(C3CCCCCC3)[nH]n2)ccc1=O. The summed E-state index contributed by atoms with van der Waals surface area (Å²) in [6.45, 7) is 0. The van der Waals surface area contributed by atoms with Crippen LogP contribution in [0.15, 0.2) is 29.2 Å². The van der Waals surface area contributed by atoms with Crippen LogP contribution >= 0.6 is 0 Å². The molecular weight excluding hydrogens is 292 g/mol. The van der Waals surface area contributed by atoms with Crippen molar-refractivity contribution in [2.75, 3.05) is 5.32 Å². The number of aromatic nitrogens is 3. The number of nitrogens with zero attached hydrogens (tertiary/aromatic N) is 2. The Hall–Kier alpha value is -2.37. The number of H-pyrrole nitrogens is 1. The van der Waals surface area contributed by atoms with E-state index in [-0.39, 0.29) is 11.5 Å². The number of aryl methyl sites for hydroxylation is 1. The van der Waals surface area contributed by atoms with Crippen LogP contribution in [-0.2, 0) is 7.05 Å². The van der Waals surface area contributed by atoms with Gasteiger partial charge in [-0.2, -0.15) is 5.10 Å². The second-order valence-electron chi connectivity index (χ2n) is 6.22. The van der Waals surface area contributed by atoms with E-state index in [9.17, 15) is 9.59 Å². The molecule has 1 amide bonds. The molecule has 1 fully saturated rings. The van der Waals surface area contributed by atoms with Crippen molar-refractivity contribution >= 4 is 11.7 Å². The predicted molar refractivity (Wildman–Crippen MR) is 88.7 cm³/mol. The van der Waals surface area contributed by atoms with Crippen molar-refractivity contribution in [3.63, 3.8) is 0 Å². The first-order chi connectivity index (χ1) is 11.1. The van der Waals surface area contributed by atoms with E-state index in [0.717, 1.165) is 5.69 Å². The molecule has 2 N–H and O–H groups in total. The molecule has 2 aromatic heterocycles. The molecule has 1 saturated carbocycles. The van der Waals surface area contributed by atoms with Crippen molar-refractivity contribution < 1.29 is 4.79 Å². The van der Waals surface area contributed by atoms with Crippen molar-refractivity contribution in [3.8, 4) is 0 Å². The van der Waals surface area contributed by atoms with E-state index >= 15 is 0 Å². The lowest BCUT2D eigenvalue weighted by atomic mass is 9.97. The molecule has 3 rings (SSSR count). The maximum Gasteiger partial charge on any atom is 0.258 e. The first kappa shape index (κ1) is 15.5. The van der Waals surface area contributed by atoms with Crippen LogP contribution in [0.1, 0.15) is 60.5 Å². The summed E-state index contributed by atoms with van der Waals surface area (Å²) < 4.78 is 1.39. The Morgan fingerprint density at radius 2 is 2.00 bits per heavy atom. The number of nitrogens with one attached hydrogen (secondary N) is 2. The van der Waals surface area contributed by atoms with Crippen molar-refractivity contribution in [2.45, 2.75) is 44.4 Å². The fourth-order valence-electron chi connectivity index (χ4n) is 3.12. The summed E-state index contributed by atoms with van der Waals surface area (Å²) in [6.07, 6.45) is 9.00. The van der Waals surface area contributed by atoms with E-state index in [1.54, 1.807) is 7.05 Å². The second kappa shape index (κ2) is 6.81. The Morgan fingerprint density at radius 3 is 2.70 bits per heavy atom. The lowest BCUT2D eigenvalue weighted by Gasteiger charge is -2.10. The molecule has 0 radical (unpaired) electrons. The maximum atomic E-state index is 12.2. The van der Waals surface area contributed by atoms with Gasteiger partial charge >= 0.3 is 0 Å². The number of rotatable bonds is 3. The van der Waals surface area contributed by atoms with Gasteiger partial charge in [-0.15, -0.1) is 0 Å². The summed E-state index contributed by atoms with van der Waals surface area (Å²) >= 11 is 0. The highest BCUT2D eigenvalue weighted by atomic mass is 16.2. The topological polar surface area (TPSA) is 79.8 Å². The average molecular weight is 314 g/mol. The van der Waals surface area contributed by atoms with Gasteiger partial charge in [0.15, 0.2) is 5.82 Å². The number of carbonyl (C=O) groups is 1. The Morgan fingerprint density at radius 1 is 1.26 bits per heavy atom. The molecular formula is C17H22N4O2. The monoisotopic (exact) mass is 314 g/mol. The number of pyridine rings is 1. The van der Waals surface area contributed by atoms with Gasteiger partial charge in [-0.05, 0) is 18.9 Å². The van der Waals surface area contributed by atoms with E-state index in [0.29, 0.717) is 17.3 Å². The minimum Gasteiger partial charge on any atom is -0.318 e. The van der Waals surface area contributed by atoms with Gasteiger partial charge in [0.2, 0.25) is 5.56 Å². The first-order valence-electron chi connectivity index (χ1n) is 8.17. The van der Waals surface area contributed by atoms with Crippen molar-refractivity contribution in [1.29, 1.82) is 0 Å². The number of aromatic amines is 1. The fourth-order valence-corrected chi connectivity index (χ4v) is 3.12. The molecule has 0 saturated heterocycles. The zero-order chi connectivity index (χ0) is 16.2. The molecule has 1 aliphatic rings. The van der Waals surface area contributed by atoms with Gasteiger partial charge < -0.3 is 9.88 Å². The van der Waals surface area contributed by atoms with Gasteiger partial charge in [0.25, 0.3) is 5.91 Å². The van der Waals surface area contributed by atoms with Gasteiger partial charge in [-0.25, -0.2) is 0 Å². The molecule has 2 heterocycles. The zero-order valence-corrected chi connectivity index (χ0v) is 13.3. The molecule has 6 heteroatoms. The minimum absolute atomic E-state index is 0.142. The van der Waals surface area contributed by atoms with Crippen molar-refractivity contribution in [2.24, 2.45) is 7.05 Å². The normalized spacial score (nSPS) is 16.0. The molecule has 0 atom stereocenters. The molecule has 23 heavy (non-hydrogen) atoms. The minimum atomic E-state index is -0.264. The smallest absolute Gasteiger partial charge is 0.258 e. The Balaban J connectivity index is 1.69. The van der Waals surface area contributed by atoms with Crippen LogP contribution in [-0.4, -0.2) is 20.7 Å². The summed E-state index contributed by atoms with van der Waals surface area (Å²) in [5.41, 5.74) is 1.39. The van der Waals surface area contributed by atoms with Crippen LogP contribution < -0.4 is 10.9 Å². The molecule has 0 unspecified atom stereocenters. The third-order valence-corrected chi connectivity index (χ3v) is 4.48. The number of hydrogen-bond acceptors (Lipinski definition) is 3. The summed E-state index contributed by atoms with van der Waals surface area (Å²) in [4.78, 5) is 23.6. The van der Waals surface area contributed by atoms with Gasteiger partial charge in [-0.3, -0.25) is 14.7 Å². The molecule has 6 nitrogen and oxygen atoms in total. The van der Waals surface area contributed by atoms with E-state index in [1.807, 2.05) is 6.07 Å². The lowest BCUT2D eigenvalue weighted by Crippen LogP contribution is -2.19. The molecule has 0 aliphatic heterocycles. The van der Waals surface area contributed by atoms with Crippen molar-refractivity contribution in [1.82, 2.24) is 14.8 Å². The van der Waals surface area contributed by atoms with Crippen LogP contribution in [0.3, 0.4) is 0 Å². The van der Waals surface area contributed by atoms with Crippen LogP contribution in [0.2, 0.25) is 0 Å². The second-order valence-corrected chi connectivity index (χ2v) is 6.22. The molecule has 2 aromatic rings. The van der Waals surface area contributed by atoms with Gasteiger partial charge in [-0.1, -0.05) is 25.7 Å². The highest BCUT2D eigenvalue weighted by Crippen LogP contribution is 2.31. The molecule has 0 bridgehead atoms. The van der Waals surface area contributed by atoms with E-state index in [4.69, 9.17) is 0 Å². The van der Waals surface area contributed by atoms with E-state index in [2.05, 4.69) is 15.5 Å². The van der Waals surface area contributed by atoms with Gasteiger partial charge in [0.1, 0.15) is 0 Å². The highest BCUT2D eigenvalue weighted by Gasteiger charge is 2.17. The summed E-state index contributed by atoms with van der Waals surface area (Å²) in [6, 6.07) is 4.84. The Bertz CT molecular complexity index is 739. The van der Waals surface area contributed by atoms with Gasteiger partial charge in [0, 0.05) is 37.0 Å². The van der Waals surface area contributed by atoms with E-state index in [1.165, 1.54) is 61.4 Å². The molecule has 122 valence electrons. The number of anilines is 1. The average Bonchev–Trinajstić information content (AvgIpc) is 2.83. The highest BCUT2D eigenvalue weighted by molar-refractivity contribution is 6.03. The number of amides is 1. The largest absolute Gasteiger partial charge is 0.318 e. The van der Waals surface area contributed by atoms with Crippen LogP contribution in [0.5, 0.6) is 0 Å². The molecule has 0 spiro atoms. The molecule has 1 aliphatic carbocycles. The van der Waals surface area contributed by atoms with E-state index < -0.39 is 0 Å². The fraction of sp³-hybridized carbons (Fsp3) is 0.471. The van der Waals surface area contributed by atoms with Crippen LogP contribution in [0, 0.1) is 0 Å². The summed E-state index contributed by atoms with van der Waals surface area (Å²) in [5, 5.41) is 10.0. The first-order valence-corrected chi connectivity index (χ1v) is 8.17. The standard InChI is InChI=1S/C17H22N4O2/c1-21-11-13(8-9-16(21)22)17(23)18-15-10-14(19-20-15)12-6-4-2-3-5-7-12/h8-12H,2-7H2,1H3,(H2,18,19,20,23). The maximum absolute atomic E-state index is 12.2. The Labute approximate surface area is 134 Å². The quantitative estimate of drug-likeness (QED) is 0.855.